The smallest absolute Gasteiger partial charge is 0.261 e. The highest BCUT2D eigenvalue weighted by atomic mass is 16.3. The maximum absolute atomic E-state index is 11.8. The van der Waals surface area contributed by atoms with E-state index in [1.54, 1.807) is 18.2 Å². The molecule has 0 saturated heterocycles. The molecule has 0 atom stereocenters. The quantitative estimate of drug-likeness (QED) is 0.702. The Morgan fingerprint density at radius 1 is 1.33 bits per heavy atom. The van der Waals surface area contributed by atoms with Crippen molar-refractivity contribution in [2.24, 2.45) is 0 Å². The van der Waals surface area contributed by atoms with Gasteiger partial charge in [0.15, 0.2) is 0 Å². The molecule has 1 heterocycles. The molecule has 18 heavy (non-hydrogen) atoms. The Labute approximate surface area is 103 Å². The van der Waals surface area contributed by atoms with Crippen molar-refractivity contribution in [1.82, 2.24) is 4.98 Å². The Morgan fingerprint density at radius 2 is 2.11 bits per heavy atom. The third kappa shape index (κ3) is 2.40. The molecule has 1 amide bonds. The summed E-state index contributed by atoms with van der Waals surface area (Å²) < 4.78 is 0. The van der Waals surface area contributed by atoms with Crippen LogP contribution in [0.15, 0.2) is 41.3 Å². The molecular formula is C13H12N2O3. The Kier molecular flexibility index (Phi) is 3.14. The molecule has 0 aliphatic carbocycles. The Hall–Kier alpha value is -2.56. The standard InChI is InChI=1S/C13H12N2O3/c1-8-4-5-10(11(16)7-8)15-13(18)9-3-2-6-14-12(9)17/h2-7,16H,1H3,(H,14,17)(H,15,18). The molecule has 0 fully saturated rings. The Bertz CT molecular complexity index is 647. The van der Waals surface area contributed by atoms with E-state index in [1.807, 2.05) is 6.92 Å². The number of rotatable bonds is 2. The molecule has 1 aromatic heterocycles. The molecule has 2 aromatic rings. The lowest BCUT2D eigenvalue weighted by Crippen LogP contribution is -2.22. The first kappa shape index (κ1) is 11.9. The van der Waals surface area contributed by atoms with Crippen LogP contribution in [0.25, 0.3) is 0 Å². The zero-order valence-electron chi connectivity index (χ0n) is 9.73. The fraction of sp³-hybridized carbons (Fsp3) is 0.0769. The van der Waals surface area contributed by atoms with Gasteiger partial charge in [-0.05, 0) is 36.8 Å². The predicted molar refractivity (Wildman–Crippen MR) is 67.9 cm³/mol. The average molecular weight is 244 g/mol. The topological polar surface area (TPSA) is 82.2 Å². The number of pyridine rings is 1. The van der Waals surface area contributed by atoms with Gasteiger partial charge in [0.1, 0.15) is 11.3 Å². The summed E-state index contributed by atoms with van der Waals surface area (Å²) in [6, 6.07) is 7.85. The van der Waals surface area contributed by atoms with Crippen LogP contribution in [0, 0.1) is 6.92 Å². The summed E-state index contributed by atoms with van der Waals surface area (Å²) in [4.78, 5) is 25.7. The highest BCUT2D eigenvalue weighted by Gasteiger charge is 2.11. The Balaban J connectivity index is 2.27. The van der Waals surface area contributed by atoms with E-state index in [0.717, 1.165) is 5.56 Å². The van der Waals surface area contributed by atoms with Gasteiger partial charge in [-0.15, -0.1) is 0 Å². The summed E-state index contributed by atoms with van der Waals surface area (Å²) in [5, 5.41) is 12.1. The highest BCUT2D eigenvalue weighted by molar-refractivity contribution is 6.04. The molecule has 0 radical (unpaired) electrons. The van der Waals surface area contributed by atoms with Crippen molar-refractivity contribution in [2.75, 3.05) is 5.32 Å². The molecule has 3 N–H and O–H groups in total. The molecule has 0 unspecified atom stereocenters. The number of aromatic nitrogens is 1. The molecule has 0 aliphatic rings. The fourth-order valence-electron chi connectivity index (χ4n) is 1.54. The van der Waals surface area contributed by atoms with Crippen LogP contribution in [-0.4, -0.2) is 16.0 Å². The maximum Gasteiger partial charge on any atom is 0.261 e. The molecule has 2 rings (SSSR count). The summed E-state index contributed by atoms with van der Waals surface area (Å²) in [6.07, 6.45) is 1.45. The van der Waals surface area contributed by atoms with Gasteiger partial charge in [-0.2, -0.15) is 0 Å². The first-order chi connectivity index (χ1) is 8.58. The van der Waals surface area contributed by atoms with Gasteiger partial charge >= 0.3 is 0 Å². The van der Waals surface area contributed by atoms with Crippen LogP contribution in [0.4, 0.5) is 5.69 Å². The van der Waals surface area contributed by atoms with Crippen LogP contribution in [0.1, 0.15) is 15.9 Å². The van der Waals surface area contributed by atoms with Gasteiger partial charge in [0, 0.05) is 6.20 Å². The van der Waals surface area contributed by atoms with Crippen LogP contribution >= 0.6 is 0 Å². The molecule has 92 valence electrons. The maximum atomic E-state index is 11.8. The van der Waals surface area contributed by atoms with Gasteiger partial charge in [0.2, 0.25) is 0 Å². The van der Waals surface area contributed by atoms with Crippen molar-refractivity contribution >= 4 is 11.6 Å². The number of phenolic OH excluding ortho intramolecular Hbond substituents is 1. The Morgan fingerprint density at radius 3 is 2.78 bits per heavy atom. The van der Waals surface area contributed by atoms with Crippen molar-refractivity contribution in [3.8, 4) is 5.75 Å². The number of benzene rings is 1. The number of hydrogen-bond donors (Lipinski definition) is 3. The molecule has 5 nitrogen and oxygen atoms in total. The fourth-order valence-corrected chi connectivity index (χ4v) is 1.54. The molecule has 1 aromatic carbocycles. The highest BCUT2D eigenvalue weighted by Crippen LogP contribution is 2.24. The normalized spacial score (nSPS) is 10.1. The number of aromatic hydroxyl groups is 1. The predicted octanol–water partition coefficient (Wildman–Crippen LogP) is 1.64. The van der Waals surface area contributed by atoms with Gasteiger partial charge in [0.25, 0.3) is 11.5 Å². The second kappa shape index (κ2) is 4.75. The number of nitrogens with one attached hydrogen (secondary N) is 2. The van der Waals surface area contributed by atoms with Crippen LogP contribution in [-0.2, 0) is 0 Å². The van der Waals surface area contributed by atoms with E-state index in [-0.39, 0.29) is 17.0 Å². The van der Waals surface area contributed by atoms with Gasteiger partial charge in [-0.25, -0.2) is 0 Å². The first-order valence-electron chi connectivity index (χ1n) is 5.36. The van der Waals surface area contributed by atoms with E-state index in [4.69, 9.17) is 0 Å². The molecule has 0 saturated carbocycles. The number of amides is 1. The zero-order chi connectivity index (χ0) is 13.1. The van der Waals surface area contributed by atoms with Crippen LogP contribution in [0.5, 0.6) is 5.75 Å². The van der Waals surface area contributed by atoms with E-state index in [0.29, 0.717) is 0 Å². The number of aromatic amines is 1. The van der Waals surface area contributed by atoms with E-state index < -0.39 is 11.5 Å². The minimum absolute atomic E-state index is 0.00234. The summed E-state index contributed by atoms with van der Waals surface area (Å²) in [5.41, 5.74) is 0.677. The van der Waals surface area contributed by atoms with Gasteiger partial charge in [0.05, 0.1) is 5.69 Å². The van der Waals surface area contributed by atoms with Crippen molar-refractivity contribution in [2.45, 2.75) is 6.92 Å². The number of aryl methyl sites for hydroxylation is 1. The molecule has 0 bridgehead atoms. The third-order valence-electron chi connectivity index (χ3n) is 2.46. The zero-order valence-corrected chi connectivity index (χ0v) is 9.73. The second-order valence-electron chi connectivity index (χ2n) is 3.89. The summed E-state index contributed by atoms with van der Waals surface area (Å²) in [7, 11) is 0. The minimum atomic E-state index is -0.559. The lowest BCUT2D eigenvalue weighted by molar-refractivity contribution is 0.102. The van der Waals surface area contributed by atoms with E-state index in [1.165, 1.54) is 18.3 Å². The number of phenols is 1. The van der Waals surface area contributed by atoms with Gasteiger partial charge < -0.3 is 15.4 Å². The lowest BCUT2D eigenvalue weighted by Gasteiger charge is -2.07. The summed E-state index contributed by atoms with van der Waals surface area (Å²) in [6.45, 7) is 1.83. The number of anilines is 1. The summed E-state index contributed by atoms with van der Waals surface area (Å²) >= 11 is 0. The second-order valence-corrected chi connectivity index (χ2v) is 3.89. The SMILES string of the molecule is Cc1ccc(NC(=O)c2ccc[nH]c2=O)c(O)c1. The first-order valence-corrected chi connectivity index (χ1v) is 5.36. The van der Waals surface area contributed by atoms with Gasteiger partial charge in [-0.1, -0.05) is 6.07 Å². The van der Waals surface area contributed by atoms with E-state index in [2.05, 4.69) is 10.3 Å². The number of H-pyrrole nitrogens is 1. The van der Waals surface area contributed by atoms with Crippen LogP contribution in [0.2, 0.25) is 0 Å². The lowest BCUT2D eigenvalue weighted by atomic mass is 10.2. The van der Waals surface area contributed by atoms with Crippen molar-refractivity contribution < 1.29 is 9.90 Å². The van der Waals surface area contributed by atoms with Crippen LogP contribution < -0.4 is 10.9 Å². The van der Waals surface area contributed by atoms with E-state index >= 15 is 0 Å². The van der Waals surface area contributed by atoms with Crippen LogP contribution in [0.3, 0.4) is 0 Å². The van der Waals surface area contributed by atoms with Crippen molar-refractivity contribution in [3.05, 3.63) is 58.0 Å². The van der Waals surface area contributed by atoms with Crippen molar-refractivity contribution in [3.63, 3.8) is 0 Å². The largest absolute Gasteiger partial charge is 0.506 e. The van der Waals surface area contributed by atoms with Crippen molar-refractivity contribution in [1.29, 1.82) is 0 Å². The van der Waals surface area contributed by atoms with Gasteiger partial charge in [-0.3, -0.25) is 9.59 Å². The molecule has 0 aliphatic heterocycles. The molecule has 0 spiro atoms. The van der Waals surface area contributed by atoms with E-state index in [9.17, 15) is 14.7 Å². The number of hydrogen-bond acceptors (Lipinski definition) is 3. The average Bonchev–Trinajstić information content (AvgIpc) is 2.33. The minimum Gasteiger partial charge on any atom is -0.506 e. The summed E-state index contributed by atoms with van der Waals surface area (Å²) in [5.74, 6) is -0.591. The number of carbonyl (C=O) groups excluding carboxylic acids is 1. The molecular weight excluding hydrogens is 232 g/mol. The third-order valence-corrected chi connectivity index (χ3v) is 2.46. The molecule has 5 heteroatoms. The number of carbonyl (C=O) groups is 1. The monoisotopic (exact) mass is 244 g/mol.